The lowest BCUT2D eigenvalue weighted by molar-refractivity contribution is -0.173. The summed E-state index contributed by atoms with van der Waals surface area (Å²) in [5.41, 5.74) is 2.07. The van der Waals surface area contributed by atoms with E-state index in [1.165, 1.54) is 13.0 Å². The van der Waals surface area contributed by atoms with E-state index in [2.05, 4.69) is 21.0 Å². The molecule has 36 heavy (non-hydrogen) atoms. The van der Waals surface area contributed by atoms with Crippen LogP contribution in [0.15, 0.2) is 42.5 Å². The first-order valence-corrected chi connectivity index (χ1v) is 11.1. The van der Waals surface area contributed by atoms with Crippen molar-refractivity contribution in [3.05, 3.63) is 59.3 Å². The number of amides is 2. The summed E-state index contributed by atoms with van der Waals surface area (Å²) in [5, 5.41) is 12.3. The Bertz CT molecular complexity index is 1350. The molecule has 1 aromatic heterocycles. The average molecular weight is 501 g/mol. The highest BCUT2D eigenvalue weighted by Gasteiger charge is 2.47. The van der Waals surface area contributed by atoms with Crippen LogP contribution >= 0.6 is 0 Å². The molecular weight excluding hydrogens is 479 g/mol. The van der Waals surface area contributed by atoms with E-state index in [0.717, 1.165) is 10.2 Å². The molecule has 5 rings (SSSR count). The van der Waals surface area contributed by atoms with Gasteiger partial charge in [0.25, 0.3) is 5.91 Å². The molecule has 3 N–H and O–H groups in total. The van der Waals surface area contributed by atoms with Crippen LogP contribution in [0.3, 0.4) is 0 Å². The minimum absolute atomic E-state index is 0.0561. The van der Waals surface area contributed by atoms with E-state index in [0.29, 0.717) is 28.4 Å². The molecule has 2 aliphatic rings. The lowest BCUT2D eigenvalue weighted by atomic mass is 9.96. The van der Waals surface area contributed by atoms with Crippen LogP contribution in [0.25, 0.3) is 0 Å². The molecule has 9 nitrogen and oxygen atoms in total. The molecule has 3 aromatic rings. The molecular formula is C24H22F3N5O4. The molecule has 0 spiro atoms. The van der Waals surface area contributed by atoms with Crippen molar-refractivity contribution in [3.8, 4) is 11.5 Å². The van der Waals surface area contributed by atoms with E-state index in [9.17, 15) is 22.8 Å². The van der Waals surface area contributed by atoms with E-state index in [1.807, 2.05) is 0 Å². The van der Waals surface area contributed by atoms with E-state index in [4.69, 9.17) is 9.47 Å². The number of nitrogens with zero attached hydrogens (tertiary/aromatic N) is 2. The number of hydrogen-bond acceptors (Lipinski definition) is 6. The zero-order valence-corrected chi connectivity index (χ0v) is 19.3. The molecule has 0 unspecified atom stereocenters. The van der Waals surface area contributed by atoms with Gasteiger partial charge in [-0.2, -0.15) is 18.3 Å². The molecule has 0 radical (unpaired) electrons. The molecule has 188 valence electrons. The summed E-state index contributed by atoms with van der Waals surface area (Å²) < 4.78 is 53.5. The Morgan fingerprint density at radius 3 is 2.61 bits per heavy atom. The molecule has 2 aromatic carbocycles. The van der Waals surface area contributed by atoms with Crippen molar-refractivity contribution in [3.63, 3.8) is 0 Å². The van der Waals surface area contributed by atoms with E-state index < -0.39 is 24.2 Å². The predicted molar refractivity (Wildman–Crippen MR) is 124 cm³/mol. The third kappa shape index (κ3) is 4.53. The largest absolute Gasteiger partial charge is 0.454 e. The molecule has 2 aliphatic heterocycles. The summed E-state index contributed by atoms with van der Waals surface area (Å²) in [6, 6.07) is 8.55. The first kappa shape index (κ1) is 23.5. The van der Waals surface area contributed by atoms with Crippen molar-refractivity contribution in [2.24, 2.45) is 0 Å². The number of halogens is 3. The smallest absolute Gasteiger partial charge is 0.410 e. The molecule has 12 heteroatoms. The van der Waals surface area contributed by atoms with Crippen molar-refractivity contribution < 1.29 is 32.2 Å². The van der Waals surface area contributed by atoms with Gasteiger partial charge in [0.05, 0.1) is 6.04 Å². The number of aromatic nitrogens is 2. The van der Waals surface area contributed by atoms with Crippen LogP contribution in [0.4, 0.5) is 30.4 Å². The quantitative estimate of drug-likeness (QED) is 0.475. The number of carbonyl (C=O) groups is 2. The fourth-order valence-electron chi connectivity index (χ4n) is 4.25. The monoisotopic (exact) mass is 501 g/mol. The molecule has 0 saturated heterocycles. The zero-order chi connectivity index (χ0) is 25.6. The molecule has 0 fully saturated rings. The van der Waals surface area contributed by atoms with Gasteiger partial charge in [-0.15, -0.1) is 0 Å². The number of ether oxygens (including phenoxy) is 2. The Morgan fingerprint density at radius 1 is 1.08 bits per heavy atom. The van der Waals surface area contributed by atoms with Crippen molar-refractivity contribution in [1.29, 1.82) is 0 Å². The van der Waals surface area contributed by atoms with Crippen LogP contribution < -0.4 is 25.4 Å². The SMILES string of the molecule is CC(=O)Nc1cc(NC(=O)c2cc3n(n2)[C@H](C(F)(F)F)C[C@@H](c2ccc4c(c2)OCO4)N3)ccc1C. The zero-order valence-electron chi connectivity index (χ0n) is 19.3. The second-order valence-corrected chi connectivity index (χ2v) is 8.63. The van der Waals surface area contributed by atoms with Crippen molar-refractivity contribution in [2.45, 2.75) is 38.5 Å². The first-order valence-electron chi connectivity index (χ1n) is 11.1. The topological polar surface area (TPSA) is 107 Å². The van der Waals surface area contributed by atoms with Gasteiger partial charge < -0.3 is 25.4 Å². The highest BCUT2D eigenvalue weighted by atomic mass is 19.4. The van der Waals surface area contributed by atoms with E-state index in [1.54, 1.807) is 43.3 Å². The molecule has 2 amide bonds. The lowest BCUT2D eigenvalue weighted by Crippen LogP contribution is -2.35. The number of fused-ring (bicyclic) bond motifs is 2. The Balaban J connectivity index is 1.41. The van der Waals surface area contributed by atoms with Crippen LogP contribution in [0.2, 0.25) is 0 Å². The summed E-state index contributed by atoms with van der Waals surface area (Å²) in [5.74, 6) is 0.109. The van der Waals surface area contributed by atoms with Crippen molar-refractivity contribution in [1.82, 2.24) is 9.78 Å². The average Bonchev–Trinajstić information content (AvgIpc) is 3.46. The van der Waals surface area contributed by atoms with Gasteiger partial charge in [-0.05, 0) is 42.3 Å². The summed E-state index contributed by atoms with van der Waals surface area (Å²) in [6.45, 7) is 3.21. The summed E-state index contributed by atoms with van der Waals surface area (Å²) in [4.78, 5) is 24.3. The van der Waals surface area contributed by atoms with Crippen molar-refractivity contribution >= 4 is 29.0 Å². The maximum atomic E-state index is 14.0. The van der Waals surface area contributed by atoms with Crippen LogP contribution in [-0.2, 0) is 4.79 Å². The number of nitrogens with one attached hydrogen (secondary N) is 3. The highest BCUT2D eigenvalue weighted by molar-refractivity contribution is 6.04. The third-order valence-electron chi connectivity index (χ3n) is 6.03. The number of hydrogen-bond donors (Lipinski definition) is 3. The van der Waals surface area contributed by atoms with Gasteiger partial charge in [0.2, 0.25) is 12.7 Å². The second-order valence-electron chi connectivity index (χ2n) is 8.63. The predicted octanol–water partition coefficient (Wildman–Crippen LogP) is 4.79. The first-order chi connectivity index (χ1) is 17.1. The summed E-state index contributed by atoms with van der Waals surface area (Å²) in [6.07, 6.45) is -4.91. The number of carbonyl (C=O) groups excluding carboxylic acids is 2. The molecule has 3 heterocycles. The number of benzene rings is 2. The Morgan fingerprint density at radius 2 is 1.86 bits per heavy atom. The number of anilines is 3. The minimum atomic E-state index is -4.59. The van der Waals surface area contributed by atoms with Gasteiger partial charge in [0.1, 0.15) is 5.82 Å². The van der Waals surface area contributed by atoms with Gasteiger partial charge in [0, 0.05) is 30.8 Å². The van der Waals surface area contributed by atoms with E-state index in [-0.39, 0.29) is 30.6 Å². The number of aryl methyl sites for hydroxylation is 1. The van der Waals surface area contributed by atoms with Gasteiger partial charge in [-0.1, -0.05) is 12.1 Å². The number of alkyl halides is 3. The molecule has 0 aliphatic carbocycles. The Kier molecular flexibility index (Phi) is 5.73. The third-order valence-corrected chi connectivity index (χ3v) is 6.03. The van der Waals surface area contributed by atoms with Gasteiger partial charge >= 0.3 is 6.18 Å². The Labute approximate surface area is 203 Å². The van der Waals surface area contributed by atoms with Crippen LogP contribution in [0.1, 0.15) is 47.0 Å². The maximum absolute atomic E-state index is 14.0. The molecule has 2 atom stereocenters. The lowest BCUT2D eigenvalue weighted by Gasteiger charge is -2.33. The Hall–Kier alpha value is -4.22. The highest BCUT2D eigenvalue weighted by Crippen LogP contribution is 2.45. The van der Waals surface area contributed by atoms with Crippen LogP contribution in [0.5, 0.6) is 11.5 Å². The normalized spacial score (nSPS) is 18.2. The summed E-state index contributed by atoms with van der Waals surface area (Å²) >= 11 is 0. The number of rotatable bonds is 4. The second kappa shape index (κ2) is 8.77. The van der Waals surface area contributed by atoms with Gasteiger partial charge in [0.15, 0.2) is 23.2 Å². The molecule has 0 saturated carbocycles. The van der Waals surface area contributed by atoms with Crippen molar-refractivity contribution in [2.75, 3.05) is 22.7 Å². The van der Waals surface area contributed by atoms with Crippen LogP contribution in [-0.4, -0.2) is 34.6 Å². The fourth-order valence-corrected chi connectivity index (χ4v) is 4.25. The summed E-state index contributed by atoms with van der Waals surface area (Å²) in [7, 11) is 0. The maximum Gasteiger partial charge on any atom is 0.410 e. The minimum Gasteiger partial charge on any atom is -0.454 e. The standard InChI is InChI=1S/C24H22F3N5O4/c1-12-3-5-15(8-16(12)28-13(2)33)29-23(34)18-10-22-30-17(9-21(24(25,26)27)32(22)31-18)14-4-6-19-20(7-14)36-11-35-19/h3-8,10,17,21,30H,9,11H2,1-2H3,(H,28,33)(H,29,34)/t17-,21-/m0/s1. The van der Waals surface area contributed by atoms with Gasteiger partial charge in [-0.3, -0.25) is 9.59 Å². The van der Waals surface area contributed by atoms with Gasteiger partial charge in [-0.25, -0.2) is 4.68 Å². The fraction of sp³-hybridized carbons (Fsp3) is 0.292. The molecule has 0 bridgehead atoms. The van der Waals surface area contributed by atoms with Crippen LogP contribution in [0, 0.1) is 6.92 Å². The van der Waals surface area contributed by atoms with E-state index >= 15 is 0 Å².